The van der Waals surface area contributed by atoms with Gasteiger partial charge in [0.2, 0.25) is 0 Å². The fraction of sp³-hybridized carbons (Fsp3) is 0.188. The van der Waals surface area contributed by atoms with Gasteiger partial charge in [-0.05, 0) is 24.3 Å². The van der Waals surface area contributed by atoms with Gasteiger partial charge in [0.05, 0.1) is 6.54 Å². The zero-order valence-electron chi connectivity index (χ0n) is 11.5. The largest absolute Gasteiger partial charge is 0.491 e. The molecule has 0 saturated heterocycles. The SMILES string of the molecule is N=C(N)c1cc(F)ccc1N1CCOc2ccccc2C1. The van der Waals surface area contributed by atoms with Crippen LogP contribution in [0.3, 0.4) is 0 Å². The van der Waals surface area contributed by atoms with Crippen molar-refractivity contribution in [3.63, 3.8) is 0 Å². The summed E-state index contributed by atoms with van der Waals surface area (Å²) in [6.45, 7) is 1.83. The van der Waals surface area contributed by atoms with Crippen molar-refractivity contribution in [3.8, 4) is 5.75 Å². The summed E-state index contributed by atoms with van der Waals surface area (Å²) in [4.78, 5) is 2.06. The fourth-order valence-corrected chi connectivity index (χ4v) is 2.53. The number of halogens is 1. The summed E-state index contributed by atoms with van der Waals surface area (Å²) in [6, 6.07) is 12.2. The third-order valence-corrected chi connectivity index (χ3v) is 3.54. The highest BCUT2D eigenvalue weighted by Gasteiger charge is 2.19. The Balaban J connectivity index is 2.00. The van der Waals surface area contributed by atoms with Crippen LogP contribution in [0.4, 0.5) is 10.1 Å². The number of rotatable bonds is 2. The molecule has 0 fully saturated rings. The molecule has 108 valence electrons. The van der Waals surface area contributed by atoms with Crippen LogP contribution >= 0.6 is 0 Å². The van der Waals surface area contributed by atoms with Gasteiger partial charge in [0, 0.05) is 23.4 Å². The predicted molar refractivity (Wildman–Crippen MR) is 80.4 cm³/mol. The van der Waals surface area contributed by atoms with Crippen molar-refractivity contribution in [2.45, 2.75) is 6.54 Å². The topological polar surface area (TPSA) is 62.3 Å². The normalized spacial score (nSPS) is 14.0. The van der Waals surface area contributed by atoms with Crippen LogP contribution in [0.15, 0.2) is 42.5 Å². The molecule has 1 heterocycles. The van der Waals surface area contributed by atoms with Crippen molar-refractivity contribution in [3.05, 3.63) is 59.4 Å². The van der Waals surface area contributed by atoms with Crippen molar-refractivity contribution in [1.29, 1.82) is 5.41 Å². The number of para-hydroxylation sites is 1. The maximum Gasteiger partial charge on any atom is 0.125 e. The van der Waals surface area contributed by atoms with Crippen molar-refractivity contribution < 1.29 is 9.13 Å². The molecule has 1 aliphatic rings. The number of nitrogen functional groups attached to an aromatic ring is 1. The molecule has 0 aliphatic carbocycles. The monoisotopic (exact) mass is 285 g/mol. The molecule has 5 heteroatoms. The Bertz CT molecular complexity index is 687. The van der Waals surface area contributed by atoms with Gasteiger partial charge < -0.3 is 15.4 Å². The van der Waals surface area contributed by atoms with Crippen molar-refractivity contribution in [2.24, 2.45) is 5.73 Å². The average Bonchev–Trinajstić information content (AvgIpc) is 2.69. The van der Waals surface area contributed by atoms with Crippen LogP contribution in [0.25, 0.3) is 0 Å². The maximum absolute atomic E-state index is 13.4. The second-order valence-electron chi connectivity index (χ2n) is 4.95. The van der Waals surface area contributed by atoms with E-state index in [0.717, 1.165) is 17.0 Å². The molecule has 21 heavy (non-hydrogen) atoms. The van der Waals surface area contributed by atoms with Crippen molar-refractivity contribution in [2.75, 3.05) is 18.1 Å². The number of nitrogens with zero attached hydrogens (tertiary/aromatic N) is 1. The molecule has 0 unspecified atom stereocenters. The number of fused-ring (bicyclic) bond motifs is 1. The summed E-state index contributed by atoms with van der Waals surface area (Å²) in [6.07, 6.45) is 0. The molecule has 2 aromatic carbocycles. The summed E-state index contributed by atoms with van der Waals surface area (Å²) < 4.78 is 19.1. The summed E-state index contributed by atoms with van der Waals surface area (Å²) in [5, 5.41) is 7.64. The van der Waals surface area contributed by atoms with Gasteiger partial charge in [0.1, 0.15) is 24.0 Å². The lowest BCUT2D eigenvalue weighted by atomic mass is 10.1. The molecule has 1 aliphatic heterocycles. The Labute approximate surface area is 122 Å². The van der Waals surface area contributed by atoms with E-state index in [4.69, 9.17) is 15.9 Å². The minimum absolute atomic E-state index is 0.136. The molecule has 0 saturated carbocycles. The summed E-state index contributed by atoms with van der Waals surface area (Å²) in [5.74, 6) is 0.338. The Morgan fingerprint density at radius 2 is 2.05 bits per heavy atom. The predicted octanol–water partition coefficient (Wildman–Crippen LogP) is 2.51. The number of nitrogens with two attached hydrogens (primary N) is 1. The first-order chi connectivity index (χ1) is 10.1. The molecular formula is C16H16FN3O. The van der Waals surface area contributed by atoms with Gasteiger partial charge in [0.15, 0.2) is 0 Å². The first-order valence-corrected chi connectivity index (χ1v) is 6.75. The van der Waals surface area contributed by atoms with E-state index in [-0.39, 0.29) is 5.84 Å². The van der Waals surface area contributed by atoms with Gasteiger partial charge in [-0.2, -0.15) is 0 Å². The second kappa shape index (κ2) is 5.44. The van der Waals surface area contributed by atoms with Gasteiger partial charge in [-0.15, -0.1) is 0 Å². The first kappa shape index (κ1) is 13.4. The lowest BCUT2D eigenvalue weighted by molar-refractivity contribution is 0.331. The van der Waals surface area contributed by atoms with E-state index >= 15 is 0 Å². The number of hydrogen-bond donors (Lipinski definition) is 2. The third-order valence-electron chi connectivity index (χ3n) is 3.54. The highest BCUT2D eigenvalue weighted by molar-refractivity contribution is 6.00. The van der Waals surface area contributed by atoms with E-state index in [1.807, 2.05) is 24.3 Å². The number of nitrogens with one attached hydrogen (secondary N) is 1. The van der Waals surface area contributed by atoms with Gasteiger partial charge >= 0.3 is 0 Å². The van der Waals surface area contributed by atoms with E-state index in [2.05, 4.69) is 4.90 Å². The molecule has 0 radical (unpaired) electrons. The second-order valence-corrected chi connectivity index (χ2v) is 4.95. The lowest BCUT2D eigenvalue weighted by Gasteiger charge is -2.24. The Morgan fingerprint density at radius 1 is 1.24 bits per heavy atom. The van der Waals surface area contributed by atoms with Crippen LogP contribution < -0.4 is 15.4 Å². The van der Waals surface area contributed by atoms with E-state index in [0.29, 0.717) is 25.3 Å². The molecule has 0 amide bonds. The number of benzene rings is 2. The van der Waals surface area contributed by atoms with Crippen molar-refractivity contribution >= 4 is 11.5 Å². The standard InChI is InChI=1S/C16H16FN3O/c17-12-5-6-14(13(9-12)16(18)19)20-7-8-21-15-4-2-1-3-11(15)10-20/h1-6,9H,7-8,10H2,(H3,18,19). The van der Waals surface area contributed by atoms with Crippen LogP contribution in [-0.4, -0.2) is 19.0 Å². The van der Waals surface area contributed by atoms with E-state index in [9.17, 15) is 4.39 Å². The minimum Gasteiger partial charge on any atom is -0.491 e. The van der Waals surface area contributed by atoms with Crippen LogP contribution in [0.2, 0.25) is 0 Å². The van der Waals surface area contributed by atoms with Crippen LogP contribution in [-0.2, 0) is 6.54 Å². The molecule has 3 rings (SSSR count). The summed E-state index contributed by atoms with van der Waals surface area (Å²) >= 11 is 0. The maximum atomic E-state index is 13.4. The summed E-state index contributed by atoms with van der Waals surface area (Å²) in [5.41, 5.74) is 7.81. The van der Waals surface area contributed by atoms with Crippen LogP contribution in [0, 0.1) is 11.2 Å². The Hall–Kier alpha value is -2.56. The molecular weight excluding hydrogens is 269 g/mol. The van der Waals surface area contributed by atoms with Crippen LogP contribution in [0.1, 0.15) is 11.1 Å². The minimum atomic E-state index is -0.393. The molecule has 0 spiro atoms. The van der Waals surface area contributed by atoms with Gasteiger partial charge in [0.25, 0.3) is 0 Å². The van der Waals surface area contributed by atoms with Gasteiger partial charge in [-0.25, -0.2) is 4.39 Å². The zero-order valence-corrected chi connectivity index (χ0v) is 11.5. The summed E-state index contributed by atoms with van der Waals surface area (Å²) in [7, 11) is 0. The molecule has 4 nitrogen and oxygen atoms in total. The number of hydrogen-bond acceptors (Lipinski definition) is 3. The average molecular weight is 285 g/mol. The number of amidine groups is 1. The Kier molecular flexibility index (Phi) is 3.48. The third kappa shape index (κ3) is 2.67. The smallest absolute Gasteiger partial charge is 0.125 e. The van der Waals surface area contributed by atoms with E-state index in [1.54, 1.807) is 6.07 Å². The Morgan fingerprint density at radius 3 is 2.86 bits per heavy atom. The lowest BCUT2D eigenvalue weighted by Crippen LogP contribution is -2.28. The van der Waals surface area contributed by atoms with E-state index < -0.39 is 5.82 Å². The highest BCUT2D eigenvalue weighted by atomic mass is 19.1. The molecule has 3 N–H and O–H groups in total. The van der Waals surface area contributed by atoms with Gasteiger partial charge in [-0.1, -0.05) is 18.2 Å². The van der Waals surface area contributed by atoms with Crippen molar-refractivity contribution in [1.82, 2.24) is 0 Å². The molecule has 0 bridgehead atoms. The van der Waals surface area contributed by atoms with Gasteiger partial charge in [-0.3, -0.25) is 5.41 Å². The van der Waals surface area contributed by atoms with E-state index in [1.165, 1.54) is 12.1 Å². The molecule has 2 aromatic rings. The van der Waals surface area contributed by atoms with Crippen LogP contribution in [0.5, 0.6) is 5.75 Å². The number of anilines is 1. The fourth-order valence-electron chi connectivity index (χ4n) is 2.53. The quantitative estimate of drug-likeness (QED) is 0.658. The molecule has 0 atom stereocenters. The highest BCUT2D eigenvalue weighted by Crippen LogP contribution is 2.28. The first-order valence-electron chi connectivity index (χ1n) is 6.75. The zero-order chi connectivity index (χ0) is 14.8. The number of ether oxygens (including phenoxy) is 1. The molecule has 0 aromatic heterocycles.